The predicted octanol–water partition coefficient (Wildman–Crippen LogP) is 6.31. The number of ether oxygens (including phenoxy) is 2. The number of carbonyl (C=O) groups excluding carboxylic acids is 1. The molecule has 0 N–H and O–H groups in total. The van der Waals surface area contributed by atoms with Crippen LogP contribution in [0.3, 0.4) is 0 Å². The first-order chi connectivity index (χ1) is 14.5. The SMILES string of the molecule is COC(=O)C=C(C)c1ccc2c(c1)C(C)(c1ccc3c(c1)C(C)(C)CCC3(C)C)CO2. The molecule has 0 saturated heterocycles. The van der Waals surface area contributed by atoms with Crippen molar-refractivity contribution in [3.63, 3.8) is 0 Å². The van der Waals surface area contributed by atoms with Gasteiger partial charge < -0.3 is 9.47 Å². The molecule has 3 nitrogen and oxygen atoms in total. The van der Waals surface area contributed by atoms with Gasteiger partial charge in [-0.3, -0.25) is 0 Å². The van der Waals surface area contributed by atoms with Gasteiger partial charge in [0.05, 0.1) is 12.5 Å². The molecule has 0 fully saturated rings. The van der Waals surface area contributed by atoms with Crippen molar-refractivity contribution in [3.05, 3.63) is 70.3 Å². The van der Waals surface area contributed by atoms with E-state index in [0.29, 0.717) is 6.61 Å². The Morgan fingerprint density at radius 2 is 1.61 bits per heavy atom. The molecule has 0 aromatic heterocycles. The summed E-state index contributed by atoms with van der Waals surface area (Å²) in [6, 6.07) is 13.3. The Labute approximate surface area is 186 Å². The summed E-state index contributed by atoms with van der Waals surface area (Å²) in [6.45, 7) is 14.3. The second-order valence-electron chi connectivity index (χ2n) is 10.7. The van der Waals surface area contributed by atoms with E-state index in [1.807, 2.05) is 19.1 Å². The maximum Gasteiger partial charge on any atom is 0.330 e. The zero-order valence-corrected chi connectivity index (χ0v) is 19.9. The lowest BCUT2D eigenvalue weighted by atomic mass is 9.62. The smallest absolute Gasteiger partial charge is 0.330 e. The lowest BCUT2D eigenvalue weighted by Crippen LogP contribution is -2.35. The van der Waals surface area contributed by atoms with Gasteiger partial charge in [0.2, 0.25) is 0 Å². The van der Waals surface area contributed by atoms with Gasteiger partial charge in [-0.25, -0.2) is 4.79 Å². The first-order valence-electron chi connectivity index (χ1n) is 11.2. The summed E-state index contributed by atoms with van der Waals surface area (Å²) in [5, 5.41) is 0. The summed E-state index contributed by atoms with van der Waals surface area (Å²) in [5.41, 5.74) is 7.45. The number of carbonyl (C=O) groups is 1. The summed E-state index contributed by atoms with van der Waals surface area (Å²) < 4.78 is 10.9. The average Bonchev–Trinajstić information content (AvgIpc) is 3.08. The van der Waals surface area contributed by atoms with Crippen LogP contribution in [0.1, 0.15) is 82.2 Å². The minimum Gasteiger partial charge on any atom is -0.492 e. The first-order valence-corrected chi connectivity index (χ1v) is 11.2. The first kappa shape index (κ1) is 21.7. The van der Waals surface area contributed by atoms with Gasteiger partial charge in [-0.2, -0.15) is 0 Å². The third kappa shape index (κ3) is 3.58. The normalized spacial score (nSPS) is 23.5. The minimum absolute atomic E-state index is 0.168. The Hall–Kier alpha value is -2.55. The topological polar surface area (TPSA) is 35.5 Å². The highest BCUT2D eigenvalue weighted by Crippen LogP contribution is 2.49. The van der Waals surface area contributed by atoms with Gasteiger partial charge in [0.1, 0.15) is 12.4 Å². The lowest BCUT2D eigenvalue weighted by Gasteiger charge is -2.42. The second kappa shape index (κ2) is 7.25. The van der Waals surface area contributed by atoms with E-state index < -0.39 is 0 Å². The number of fused-ring (bicyclic) bond motifs is 2. The fourth-order valence-electron chi connectivity index (χ4n) is 5.12. The van der Waals surface area contributed by atoms with Crippen LogP contribution in [-0.2, 0) is 25.8 Å². The van der Waals surface area contributed by atoms with Crippen molar-refractivity contribution in [1.29, 1.82) is 0 Å². The number of benzene rings is 2. The van der Waals surface area contributed by atoms with Crippen LogP contribution in [0.5, 0.6) is 5.75 Å². The summed E-state index contributed by atoms with van der Waals surface area (Å²) in [4.78, 5) is 11.7. The van der Waals surface area contributed by atoms with E-state index >= 15 is 0 Å². The van der Waals surface area contributed by atoms with Crippen molar-refractivity contribution in [2.75, 3.05) is 13.7 Å². The second-order valence-corrected chi connectivity index (χ2v) is 10.7. The van der Waals surface area contributed by atoms with E-state index in [0.717, 1.165) is 16.9 Å². The number of rotatable bonds is 3. The number of esters is 1. The molecule has 2 aliphatic rings. The fraction of sp³-hybridized carbons (Fsp3) is 0.464. The average molecular weight is 419 g/mol. The third-order valence-electron chi connectivity index (χ3n) is 7.57. The van der Waals surface area contributed by atoms with Crippen molar-refractivity contribution in [3.8, 4) is 5.75 Å². The molecule has 0 bridgehead atoms. The molecule has 2 aromatic carbocycles. The van der Waals surface area contributed by atoms with Gasteiger partial charge in [0.15, 0.2) is 0 Å². The van der Waals surface area contributed by atoms with Crippen LogP contribution in [0.2, 0.25) is 0 Å². The molecule has 0 spiro atoms. The van der Waals surface area contributed by atoms with Gasteiger partial charge in [-0.1, -0.05) is 52.0 Å². The summed E-state index contributed by atoms with van der Waals surface area (Å²) in [6.07, 6.45) is 3.95. The van der Waals surface area contributed by atoms with Crippen LogP contribution in [0, 0.1) is 0 Å². The third-order valence-corrected chi connectivity index (χ3v) is 7.57. The quantitative estimate of drug-likeness (QED) is 0.433. The molecule has 3 heteroatoms. The van der Waals surface area contributed by atoms with Crippen molar-refractivity contribution in [2.45, 2.75) is 70.6 Å². The monoisotopic (exact) mass is 418 g/mol. The molecule has 4 rings (SSSR count). The molecule has 164 valence electrons. The number of hydrogen-bond donors (Lipinski definition) is 0. The molecule has 0 radical (unpaired) electrons. The highest BCUT2D eigenvalue weighted by Gasteiger charge is 2.42. The van der Waals surface area contributed by atoms with Crippen LogP contribution < -0.4 is 4.74 Å². The van der Waals surface area contributed by atoms with Crippen molar-refractivity contribution in [2.24, 2.45) is 0 Å². The highest BCUT2D eigenvalue weighted by molar-refractivity contribution is 5.91. The van der Waals surface area contributed by atoms with Crippen LogP contribution in [-0.4, -0.2) is 19.7 Å². The number of methoxy groups -OCH3 is 1. The Kier molecular flexibility index (Phi) is 5.07. The molecule has 1 aliphatic heterocycles. The molecule has 1 heterocycles. The van der Waals surface area contributed by atoms with Gasteiger partial charge in [0, 0.05) is 11.6 Å². The van der Waals surface area contributed by atoms with E-state index in [2.05, 4.69) is 58.9 Å². The minimum atomic E-state index is -0.337. The van der Waals surface area contributed by atoms with Crippen LogP contribution >= 0.6 is 0 Å². The highest BCUT2D eigenvalue weighted by atomic mass is 16.5. The molecule has 0 amide bonds. The van der Waals surface area contributed by atoms with Crippen molar-refractivity contribution < 1.29 is 14.3 Å². The zero-order chi connectivity index (χ0) is 22.6. The van der Waals surface area contributed by atoms with Gasteiger partial charge >= 0.3 is 5.97 Å². The Morgan fingerprint density at radius 1 is 0.935 bits per heavy atom. The summed E-state index contributed by atoms with van der Waals surface area (Å²) in [7, 11) is 1.40. The van der Waals surface area contributed by atoms with E-state index in [-0.39, 0.29) is 22.2 Å². The van der Waals surface area contributed by atoms with Crippen LogP contribution in [0.4, 0.5) is 0 Å². The maximum absolute atomic E-state index is 11.7. The maximum atomic E-state index is 11.7. The molecule has 0 saturated carbocycles. The summed E-state index contributed by atoms with van der Waals surface area (Å²) in [5.74, 6) is 0.589. The van der Waals surface area contributed by atoms with E-state index in [1.54, 1.807) is 6.08 Å². The lowest BCUT2D eigenvalue weighted by molar-refractivity contribution is -0.134. The van der Waals surface area contributed by atoms with Crippen LogP contribution in [0.25, 0.3) is 5.57 Å². The molecule has 1 aliphatic carbocycles. The van der Waals surface area contributed by atoms with E-state index in [4.69, 9.17) is 9.47 Å². The van der Waals surface area contributed by atoms with Crippen molar-refractivity contribution in [1.82, 2.24) is 0 Å². The van der Waals surface area contributed by atoms with Crippen LogP contribution in [0.15, 0.2) is 42.5 Å². The molecular formula is C28H34O3. The molecule has 31 heavy (non-hydrogen) atoms. The standard InChI is InChI=1S/C28H34O3/c1-18(14-25(29)30-7)19-8-11-24-23(15-19)28(6,17-31-24)20-9-10-21-22(16-20)27(4,5)13-12-26(21,2)3/h8-11,14-16H,12-13,17H2,1-7H3. The largest absolute Gasteiger partial charge is 0.492 e. The fourth-order valence-corrected chi connectivity index (χ4v) is 5.12. The van der Waals surface area contributed by atoms with E-state index in [9.17, 15) is 4.79 Å². The Morgan fingerprint density at radius 3 is 2.29 bits per heavy atom. The summed E-state index contributed by atoms with van der Waals surface area (Å²) >= 11 is 0. The predicted molar refractivity (Wildman–Crippen MR) is 126 cm³/mol. The molecule has 1 atom stereocenters. The van der Waals surface area contributed by atoms with Gasteiger partial charge in [0.25, 0.3) is 0 Å². The van der Waals surface area contributed by atoms with Gasteiger partial charge in [-0.05, 0) is 77.5 Å². The zero-order valence-electron chi connectivity index (χ0n) is 19.9. The molecule has 1 unspecified atom stereocenters. The number of hydrogen-bond acceptors (Lipinski definition) is 3. The van der Waals surface area contributed by atoms with Crippen molar-refractivity contribution >= 4 is 11.5 Å². The molecule has 2 aromatic rings. The Bertz CT molecular complexity index is 1070. The Balaban J connectivity index is 1.81. The van der Waals surface area contributed by atoms with Gasteiger partial charge in [-0.15, -0.1) is 0 Å². The molecular weight excluding hydrogens is 384 g/mol. The number of allylic oxidation sites excluding steroid dienone is 1. The van der Waals surface area contributed by atoms with E-state index in [1.165, 1.54) is 42.2 Å².